The average Bonchev–Trinajstić information content (AvgIpc) is 2.97. The summed E-state index contributed by atoms with van der Waals surface area (Å²) in [7, 11) is 0. The van der Waals surface area contributed by atoms with E-state index in [2.05, 4.69) is 9.97 Å². The molecule has 1 fully saturated rings. The standard InChI is InChI=1S/C13H15N3O/c17-13(16-7-3-4-8-16)9-12-14-10-5-1-2-6-11(10)15-12/h1-2,5-6H,3-4,7-9H2,(H,14,15). The molecule has 2 aromatic rings. The van der Waals surface area contributed by atoms with Gasteiger partial charge in [0.1, 0.15) is 5.82 Å². The van der Waals surface area contributed by atoms with Crippen molar-refractivity contribution in [2.24, 2.45) is 0 Å². The fourth-order valence-corrected chi connectivity index (χ4v) is 2.31. The Morgan fingerprint density at radius 1 is 1.29 bits per heavy atom. The number of amides is 1. The highest BCUT2D eigenvalue weighted by Crippen LogP contribution is 2.13. The molecule has 1 amide bonds. The van der Waals surface area contributed by atoms with Gasteiger partial charge in [-0.05, 0) is 25.0 Å². The summed E-state index contributed by atoms with van der Waals surface area (Å²) >= 11 is 0. The van der Waals surface area contributed by atoms with Crippen LogP contribution < -0.4 is 0 Å². The third kappa shape index (κ3) is 2.02. The van der Waals surface area contributed by atoms with Crippen LogP contribution in [0.25, 0.3) is 11.0 Å². The van der Waals surface area contributed by atoms with E-state index in [1.54, 1.807) is 0 Å². The zero-order chi connectivity index (χ0) is 11.7. The summed E-state index contributed by atoms with van der Waals surface area (Å²) < 4.78 is 0. The minimum absolute atomic E-state index is 0.182. The minimum atomic E-state index is 0.182. The van der Waals surface area contributed by atoms with Crippen LogP contribution in [0.15, 0.2) is 24.3 Å². The first-order valence-electron chi connectivity index (χ1n) is 6.04. The molecule has 88 valence electrons. The maximum Gasteiger partial charge on any atom is 0.230 e. The zero-order valence-corrected chi connectivity index (χ0v) is 9.65. The molecule has 1 aliphatic heterocycles. The molecule has 0 aliphatic carbocycles. The third-order valence-corrected chi connectivity index (χ3v) is 3.22. The summed E-state index contributed by atoms with van der Waals surface area (Å²) in [6.07, 6.45) is 2.65. The van der Waals surface area contributed by atoms with Crippen LogP contribution in [0.1, 0.15) is 18.7 Å². The van der Waals surface area contributed by atoms with Crippen molar-refractivity contribution in [3.63, 3.8) is 0 Å². The number of hydrogen-bond acceptors (Lipinski definition) is 2. The highest BCUT2D eigenvalue weighted by Gasteiger charge is 2.19. The first kappa shape index (κ1) is 10.3. The molecule has 1 aromatic carbocycles. The van der Waals surface area contributed by atoms with Crippen molar-refractivity contribution < 1.29 is 4.79 Å². The van der Waals surface area contributed by atoms with Gasteiger partial charge in [0.2, 0.25) is 5.91 Å². The van der Waals surface area contributed by atoms with Gasteiger partial charge in [-0.2, -0.15) is 0 Å². The molecule has 17 heavy (non-hydrogen) atoms. The quantitative estimate of drug-likeness (QED) is 0.852. The predicted octanol–water partition coefficient (Wildman–Crippen LogP) is 1.73. The van der Waals surface area contributed by atoms with E-state index in [-0.39, 0.29) is 5.91 Å². The summed E-state index contributed by atoms with van der Waals surface area (Å²) in [4.78, 5) is 21.5. The number of carbonyl (C=O) groups excluding carboxylic acids is 1. The van der Waals surface area contributed by atoms with Gasteiger partial charge in [-0.1, -0.05) is 12.1 Å². The molecule has 2 heterocycles. The Labute approximate surface area is 99.6 Å². The molecule has 0 spiro atoms. The van der Waals surface area contributed by atoms with Crippen LogP contribution in [0, 0.1) is 0 Å². The minimum Gasteiger partial charge on any atom is -0.342 e. The molecule has 0 saturated carbocycles. The molecule has 3 rings (SSSR count). The van der Waals surface area contributed by atoms with Crippen LogP contribution in [0.5, 0.6) is 0 Å². The van der Waals surface area contributed by atoms with Gasteiger partial charge in [-0.3, -0.25) is 4.79 Å². The summed E-state index contributed by atoms with van der Waals surface area (Å²) in [5.41, 5.74) is 1.92. The highest BCUT2D eigenvalue weighted by atomic mass is 16.2. The normalized spacial score (nSPS) is 15.6. The van der Waals surface area contributed by atoms with Gasteiger partial charge in [0.25, 0.3) is 0 Å². The lowest BCUT2D eigenvalue weighted by atomic mass is 10.3. The molecule has 0 radical (unpaired) electrons. The summed E-state index contributed by atoms with van der Waals surface area (Å²) in [5.74, 6) is 0.949. The first-order valence-corrected chi connectivity index (χ1v) is 6.04. The largest absolute Gasteiger partial charge is 0.342 e. The Hall–Kier alpha value is -1.84. The number of aromatic nitrogens is 2. The van der Waals surface area contributed by atoms with Crippen molar-refractivity contribution in [2.75, 3.05) is 13.1 Å². The lowest BCUT2D eigenvalue weighted by Gasteiger charge is -2.13. The number of carbonyl (C=O) groups is 1. The lowest BCUT2D eigenvalue weighted by Crippen LogP contribution is -2.29. The number of fused-ring (bicyclic) bond motifs is 1. The number of aromatic amines is 1. The molecule has 1 N–H and O–H groups in total. The number of imidazole rings is 1. The molecule has 1 aliphatic rings. The van der Waals surface area contributed by atoms with Crippen molar-refractivity contribution in [3.8, 4) is 0 Å². The molecular weight excluding hydrogens is 214 g/mol. The first-order chi connectivity index (χ1) is 8.33. The second-order valence-corrected chi connectivity index (χ2v) is 4.47. The molecular formula is C13H15N3O. The number of H-pyrrole nitrogens is 1. The van der Waals surface area contributed by atoms with E-state index in [1.165, 1.54) is 0 Å². The Morgan fingerprint density at radius 2 is 2.06 bits per heavy atom. The van der Waals surface area contributed by atoms with E-state index >= 15 is 0 Å². The Bertz CT molecular complexity index is 507. The number of hydrogen-bond donors (Lipinski definition) is 1. The third-order valence-electron chi connectivity index (χ3n) is 3.22. The molecule has 1 aromatic heterocycles. The molecule has 4 nitrogen and oxygen atoms in total. The SMILES string of the molecule is O=C(Cc1nc2ccccc2[nH]1)N1CCCC1. The summed E-state index contributed by atoms with van der Waals surface area (Å²) in [6.45, 7) is 1.80. The van der Waals surface area contributed by atoms with Crippen LogP contribution in [0.2, 0.25) is 0 Å². The second kappa shape index (κ2) is 4.20. The van der Waals surface area contributed by atoms with Crippen LogP contribution in [-0.2, 0) is 11.2 Å². The van der Waals surface area contributed by atoms with E-state index in [0.29, 0.717) is 6.42 Å². The van der Waals surface area contributed by atoms with Crippen molar-refractivity contribution >= 4 is 16.9 Å². The summed E-state index contributed by atoms with van der Waals surface area (Å²) in [5, 5.41) is 0. The van der Waals surface area contributed by atoms with Gasteiger partial charge in [0.15, 0.2) is 0 Å². The van der Waals surface area contributed by atoms with Crippen LogP contribution in [-0.4, -0.2) is 33.9 Å². The van der Waals surface area contributed by atoms with Gasteiger partial charge in [-0.25, -0.2) is 4.98 Å². The lowest BCUT2D eigenvalue weighted by molar-refractivity contribution is -0.129. The highest BCUT2D eigenvalue weighted by molar-refractivity contribution is 5.80. The number of nitrogens with zero attached hydrogens (tertiary/aromatic N) is 2. The van der Waals surface area contributed by atoms with Crippen LogP contribution in [0.3, 0.4) is 0 Å². The van der Waals surface area contributed by atoms with Gasteiger partial charge >= 0.3 is 0 Å². The Morgan fingerprint density at radius 3 is 2.82 bits per heavy atom. The second-order valence-electron chi connectivity index (χ2n) is 4.47. The smallest absolute Gasteiger partial charge is 0.230 e. The van der Waals surface area contributed by atoms with E-state index in [9.17, 15) is 4.79 Å². The van der Waals surface area contributed by atoms with E-state index in [1.807, 2.05) is 29.2 Å². The summed E-state index contributed by atoms with van der Waals surface area (Å²) in [6, 6.07) is 7.85. The maximum atomic E-state index is 12.0. The number of nitrogens with one attached hydrogen (secondary N) is 1. The molecule has 0 atom stereocenters. The number of benzene rings is 1. The van der Waals surface area contributed by atoms with E-state index in [4.69, 9.17) is 0 Å². The number of likely N-dealkylation sites (tertiary alicyclic amines) is 1. The number of rotatable bonds is 2. The van der Waals surface area contributed by atoms with Gasteiger partial charge in [-0.15, -0.1) is 0 Å². The number of para-hydroxylation sites is 2. The Kier molecular flexibility index (Phi) is 2.55. The zero-order valence-electron chi connectivity index (χ0n) is 9.65. The topological polar surface area (TPSA) is 49.0 Å². The Balaban J connectivity index is 1.77. The van der Waals surface area contributed by atoms with Gasteiger partial charge < -0.3 is 9.88 Å². The van der Waals surface area contributed by atoms with Crippen molar-refractivity contribution in [2.45, 2.75) is 19.3 Å². The van der Waals surface area contributed by atoms with Crippen molar-refractivity contribution in [1.29, 1.82) is 0 Å². The van der Waals surface area contributed by atoms with E-state index in [0.717, 1.165) is 42.8 Å². The predicted molar refractivity (Wildman–Crippen MR) is 65.6 cm³/mol. The van der Waals surface area contributed by atoms with Crippen LogP contribution in [0.4, 0.5) is 0 Å². The fraction of sp³-hybridized carbons (Fsp3) is 0.385. The molecule has 4 heteroatoms. The van der Waals surface area contributed by atoms with Gasteiger partial charge in [0.05, 0.1) is 17.5 Å². The molecule has 1 saturated heterocycles. The monoisotopic (exact) mass is 229 g/mol. The molecule has 0 bridgehead atoms. The average molecular weight is 229 g/mol. The van der Waals surface area contributed by atoms with Crippen molar-refractivity contribution in [3.05, 3.63) is 30.1 Å². The molecule has 0 unspecified atom stereocenters. The van der Waals surface area contributed by atoms with Gasteiger partial charge in [0, 0.05) is 13.1 Å². The van der Waals surface area contributed by atoms with E-state index < -0.39 is 0 Å². The fourth-order valence-electron chi connectivity index (χ4n) is 2.31. The van der Waals surface area contributed by atoms with Crippen LogP contribution >= 0.6 is 0 Å². The van der Waals surface area contributed by atoms with Crippen molar-refractivity contribution in [1.82, 2.24) is 14.9 Å². The maximum absolute atomic E-state index is 12.0.